The summed E-state index contributed by atoms with van der Waals surface area (Å²) in [6, 6.07) is 5.23. The number of fused-ring (bicyclic) bond motifs is 1. The summed E-state index contributed by atoms with van der Waals surface area (Å²) in [7, 11) is 0. The molecular formula is C14H15N3O4. The molecule has 7 nitrogen and oxygen atoms in total. The molecule has 1 aliphatic heterocycles. The molecule has 0 bridgehead atoms. The lowest BCUT2D eigenvalue weighted by Gasteiger charge is -2.13. The topological polar surface area (TPSA) is 88.7 Å². The van der Waals surface area contributed by atoms with Crippen LogP contribution in [0.25, 0.3) is 0 Å². The maximum Gasteiger partial charge on any atom is 0.249 e. The minimum Gasteiger partial charge on any atom is -0.473 e. The molecule has 2 aromatic rings. The van der Waals surface area contributed by atoms with Gasteiger partial charge in [-0.3, -0.25) is 0 Å². The van der Waals surface area contributed by atoms with Crippen LogP contribution in [0.5, 0.6) is 29.0 Å². The van der Waals surface area contributed by atoms with E-state index >= 15 is 0 Å². The SMILES string of the molecule is CC(C)Oc1ncnc(Oc2ccc3c(c2)OCO3)c1N. The van der Waals surface area contributed by atoms with Crippen molar-refractivity contribution in [2.45, 2.75) is 20.0 Å². The first-order valence-electron chi connectivity index (χ1n) is 6.48. The third-order valence-corrected chi connectivity index (χ3v) is 2.72. The summed E-state index contributed by atoms with van der Waals surface area (Å²) in [5.41, 5.74) is 6.21. The van der Waals surface area contributed by atoms with Crippen LogP contribution in [0, 0.1) is 0 Å². The number of ether oxygens (including phenoxy) is 4. The van der Waals surface area contributed by atoms with Crippen molar-refractivity contribution < 1.29 is 18.9 Å². The predicted octanol–water partition coefficient (Wildman–Crippen LogP) is 2.37. The van der Waals surface area contributed by atoms with Crippen LogP contribution in [0.1, 0.15) is 13.8 Å². The molecule has 1 aromatic carbocycles. The fourth-order valence-electron chi connectivity index (χ4n) is 1.81. The molecule has 0 unspecified atom stereocenters. The number of nitrogen functional groups attached to an aromatic ring is 1. The van der Waals surface area contributed by atoms with E-state index in [0.717, 1.165) is 0 Å². The lowest BCUT2D eigenvalue weighted by atomic mass is 10.3. The Labute approximate surface area is 121 Å². The standard InChI is InChI=1S/C14H15N3O4/c1-8(2)20-13-12(15)14(17-6-16-13)21-9-3-4-10-11(5-9)19-7-18-10/h3-6,8H,7,15H2,1-2H3. The Balaban J connectivity index is 1.84. The van der Waals surface area contributed by atoms with E-state index in [9.17, 15) is 0 Å². The highest BCUT2D eigenvalue weighted by molar-refractivity contribution is 5.57. The molecule has 1 aromatic heterocycles. The Kier molecular flexibility index (Phi) is 3.39. The van der Waals surface area contributed by atoms with E-state index in [2.05, 4.69) is 9.97 Å². The summed E-state index contributed by atoms with van der Waals surface area (Å²) in [5.74, 6) is 2.39. The van der Waals surface area contributed by atoms with Crippen LogP contribution in [-0.2, 0) is 0 Å². The molecule has 0 aliphatic carbocycles. The molecular weight excluding hydrogens is 274 g/mol. The summed E-state index contributed by atoms with van der Waals surface area (Å²) in [6.07, 6.45) is 1.30. The summed E-state index contributed by atoms with van der Waals surface area (Å²) in [5, 5.41) is 0. The third kappa shape index (κ3) is 2.76. The summed E-state index contributed by atoms with van der Waals surface area (Å²) in [4.78, 5) is 8.02. The second kappa shape index (κ2) is 5.35. The first-order chi connectivity index (χ1) is 10.1. The first-order valence-corrected chi connectivity index (χ1v) is 6.48. The summed E-state index contributed by atoms with van der Waals surface area (Å²) < 4.78 is 21.7. The lowest BCUT2D eigenvalue weighted by molar-refractivity contribution is 0.174. The van der Waals surface area contributed by atoms with Crippen molar-refractivity contribution in [1.29, 1.82) is 0 Å². The van der Waals surface area contributed by atoms with Gasteiger partial charge < -0.3 is 24.7 Å². The van der Waals surface area contributed by atoms with Crippen LogP contribution in [0.15, 0.2) is 24.5 Å². The number of anilines is 1. The van der Waals surface area contributed by atoms with Crippen molar-refractivity contribution in [2.24, 2.45) is 0 Å². The molecule has 2 heterocycles. The van der Waals surface area contributed by atoms with Crippen molar-refractivity contribution in [3.63, 3.8) is 0 Å². The summed E-state index contributed by atoms with van der Waals surface area (Å²) in [6.45, 7) is 3.99. The minimum absolute atomic E-state index is 0.0411. The second-order valence-electron chi connectivity index (χ2n) is 4.68. The molecule has 0 fully saturated rings. The number of hydrogen-bond acceptors (Lipinski definition) is 7. The monoisotopic (exact) mass is 289 g/mol. The average molecular weight is 289 g/mol. The van der Waals surface area contributed by atoms with Crippen LogP contribution >= 0.6 is 0 Å². The second-order valence-corrected chi connectivity index (χ2v) is 4.68. The Morgan fingerprint density at radius 1 is 1.14 bits per heavy atom. The fourth-order valence-corrected chi connectivity index (χ4v) is 1.81. The lowest BCUT2D eigenvalue weighted by Crippen LogP contribution is -2.10. The van der Waals surface area contributed by atoms with Gasteiger partial charge in [0.15, 0.2) is 17.2 Å². The van der Waals surface area contributed by atoms with Gasteiger partial charge in [-0.25, -0.2) is 0 Å². The molecule has 0 saturated heterocycles. The molecule has 0 saturated carbocycles. The van der Waals surface area contributed by atoms with Crippen molar-refractivity contribution in [3.05, 3.63) is 24.5 Å². The first kappa shape index (κ1) is 13.3. The molecule has 7 heteroatoms. The minimum atomic E-state index is -0.0411. The van der Waals surface area contributed by atoms with Crippen LogP contribution in [0.4, 0.5) is 5.69 Å². The van der Waals surface area contributed by atoms with Gasteiger partial charge in [0.05, 0.1) is 6.10 Å². The van der Waals surface area contributed by atoms with Crippen LogP contribution < -0.4 is 24.7 Å². The number of nitrogens with zero attached hydrogens (tertiary/aromatic N) is 2. The van der Waals surface area contributed by atoms with E-state index in [-0.39, 0.29) is 24.5 Å². The van der Waals surface area contributed by atoms with E-state index in [1.807, 2.05) is 13.8 Å². The van der Waals surface area contributed by atoms with Crippen LogP contribution in [0.2, 0.25) is 0 Å². The van der Waals surface area contributed by atoms with Crippen molar-refractivity contribution in [2.75, 3.05) is 12.5 Å². The van der Waals surface area contributed by atoms with Crippen molar-refractivity contribution in [3.8, 4) is 29.0 Å². The van der Waals surface area contributed by atoms with Gasteiger partial charge in [0.25, 0.3) is 0 Å². The van der Waals surface area contributed by atoms with Crippen molar-refractivity contribution >= 4 is 5.69 Å². The van der Waals surface area contributed by atoms with E-state index in [4.69, 9.17) is 24.7 Å². The van der Waals surface area contributed by atoms with Gasteiger partial charge in [-0.2, -0.15) is 9.97 Å². The van der Waals surface area contributed by atoms with Crippen molar-refractivity contribution in [1.82, 2.24) is 9.97 Å². The van der Waals surface area contributed by atoms with Gasteiger partial charge >= 0.3 is 0 Å². The van der Waals surface area contributed by atoms with Gasteiger partial charge in [-0.1, -0.05) is 0 Å². The van der Waals surface area contributed by atoms with Gasteiger partial charge in [0.2, 0.25) is 18.6 Å². The number of benzene rings is 1. The Morgan fingerprint density at radius 3 is 2.71 bits per heavy atom. The molecule has 0 amide bonds. The molecule has 3 rings (SSSR count). The zero-order valence-electron chi connectivity index (χ0n) is 11.7. The zero-order chi connectivity index (χ0) is 14.8. The smallest absolute Gasteiger partial charge is 0.249 e. The fraction of sp³-hybridized carbons (Fsp3) is 0.286. The molecule has 110 valence electrons. The molecule has 0 radical (unpaired) electrons. The van der Waals surface area contributed by atoms with Gasteiger partial charge in [-0.15, -0.1) is 0 Å². The van der Waals surface area contributed by atoms with Crippen LogP contribution in [0.3, 0.4) is 0 Å². The summed E-state index contributed by atoms with van der Waals surface area (Å²) >= 11 is 0. The number of rotatable bonds is 4. The zero-order valence-corrected chi connectivity index (χ0v) is 11.7. The van der Waals surface area contributed by atoms with Gasteiger partial charge in [-0.05, 0) is 26.0 Å². The highest BCUT2D eigenvalue weighted by Gasteiger charge is 2.16. The number of hydrogen-bond donors (Lipinski definition) is 1. The molecule has 2 N–H and O–H groups in total. The third-order valence-electron chi connectivity index (χ3n) is 2.72. The van der Waals surface area contributed by atoms with E-state index in [0.29, 0.717) is 23.1 Å². The van der Waals surface area contributed by atoms with Gasteiger partial charge in [0.1, 0.15) is 12.1 Å². The maximum absolute atomic E-state index is 5.96. The Bertz CT molecular complexity index is 661. The average Bonchev–Trinajstić information content (AvgIpc) is 2.90. The molecule has 21 heavy (non-hydrogen) atoms. The van der Waals surface area contributed by atoms with Gasteiger partial charge in [0, 0.05) is 6.07 Å². The highest BCUT2D eigenvalue weighted by atomic mass is 16.7. The number of nitrogens with two attached hydrogens (primary N) is 1. The maximum atomic E-state index is 5.96. The Morgan fingerprint density at radius 2 is 1.90 bits per heavy atom. The van der Waals surface area contributed by atoms with E-state index in [1.54, 1.807) is 18.2 Å². The molecule has 1 aliphatic rings. The largest absolute Gasteiger partial charge is 0.473 e. The Hall–Kier alpha value is -2.70. The molecule has 0 spiro atoms. The quantitative estimate of drug-likeness (QED) is 0.924. The predicted molar refractivity (Wildman–Crippen MR) is 74.8 cm³/mol. The number of aromatic nitrogens is 2. The van der Waals surface area contributed by atoms with Crippen LogP contribution in [-0.4, -0.2) is 22.9 Å². The molecule has 0 atom stereocenters. The highest BCUT2D eigenvalue weighted by Crippen LogP contribution is 2.38. The van der Waals surface area contributed by atoms with E-state index in [1.165, 1.54) is 6.33 Å². The normalized spacial score (nSPS) is 12.5. The van der Waals surface area contributed by atoms with E-state index < -0.39 is 0 Å².